The zero-order chi connectivity index (χ0) is 14.2. The number of carboxylic acids is 1. The van der Waals surface area contributed by atoms with E-state index in [0.29, 0.717) is 18.0 Å². The highest BCUT2D eigenvalue weighted by Gasteiger charge is 2.33. The summed E-state index contributed by atoms with van der Waals surface area (Å²) in [5.41, 5.74) is 0.232. The molecule has 1 fully saturated rings. The Kier molecular flexibility index (Phi) is 3.50. The fourth-order valence-corrected chi connectivity index (χ4v) is 3.69. The normalized spacial score (nSPS) is 17.1. The summed E-state index contributed by atoms with van der Waals surface area (Å²) < 4.78 is 0.990. The van der Waals surface area contributed by atoms with Crippen molar-refractivity contribution in [3.8, 4) is 0 Å². The molecule has 1 aromatic carbocycles. The van der Waals surface area contributed by atoms with Gasteiger partial charge in [0.1, 0.15) is 4.88 Å². The van der Waals surface area contributed by atoms with Crippen LogP contribution in [0.25, 0.3) is 10.1 Å². The molecule has 0 saturated heterocycles. The predicted molar refractivity (Wildman–Crippen MR) is 79.3 cm³/mol. The Labute approximate surface area is 121 Å². The van der Waals surface area contributed by atoms with Gasteiger partial charge in [-0.05, 0) is 36.3 Å². The Morgan fingerprint density at radius 2 is 2.10 bits per heavy atom. The van der Waals surface area contributed by atoms with E-state index < -0.39 is 11.6 Å². The molecule has 1 heterocycles. The molecule has 1 aliphatic carbocycles. The number of hydrogen-bond donors (Lipinski definition) is 3. The molecule has 20 heavy (non-hydrogen) atoms. The number of aliphatic hydroxyl groups is 1. The molecule has 3 rings (SSSR count). The molecule has 0 aliphatic heterocycles. The van der Waals surface area contributed by atoms with Crippen LogP contribution in [0, 0.1) is 0 Å². The first-order chi connectivity index (χ1) is 9.59. The van der Waals surface area contributed by atoms with E-state index in [1.807, 2.05) is 24.3 Å². The molecule has 1 aliphatic rings. The lowest BCUT2D eigenvalue weighted by molar-refractivity contribution is -0.0314. The lowest BCUT2D eigenvalue weighted by Crippen LogP contribution is -2.46. The summed E-state index contributed by atoms with van der Waals surface area (Å²) in [5, 5.41) is 23.6. The quantitative estimate of drug-likeness (QED) is 0.792. The van der Waals surface area contributed by atoms with E-state index in [2.05, 4.69) is 5.32 Å². The van der Waals surface area contributed by atoms with Crippen LogP contribution in [0.3, 0.4) is 0 Å². The molecule has 4 nitrogen and oxygen atoms in total. The van der Waals surface area contributed by atoms with E-state index in [-0.39, 0.29) is 0 Å². The van der Waals surface area contributed by atoms with Gasteiger partial charge in [0.15, 0.2) is 0 Å². The summed E-state index contributed by atoms with van der Waals surface area (Å²) in [6.45, 7) is 1.00. The average molecular weight is 291 g/mol. The van der Waals surface area contributed by atoms with Crippen molar-refractivity contribution in [2.75, 3.05) is 6.54 Å². The molecule has 5 heteroatoms. The minimum atomic E-state index is -0.884. The highest BCUT2D eigenvalue weighted by molar-refractivity contribution is 7.21. The molecule has 0 unspecified atom stereocenters. The predicted octanol–water partition coefficient (Wildman–Crippen LogP) is 2.60. The van der Waals surface area contributed by atoms with Gasteiger partial charge < -0.3 is 15.5 Å². The van der Waals surface area contributed by atoms with Crippen molar-refractivity contribution in [3.63, 3.8) is 0 Å². The van der Waals surface area contributed by atoms with Crippen LogP contribution in [0.4, 0.5) is 0 Å². The van der Waals surface area contributed by atoms with Crippen molar-refractivity contribution in [2.24, 2.45) is 0 Å². The van der Waals surface area contributed by atoms with Gasteiger partial charge in [0.25, 0.3) is 0 Å². The van der Waals surface area contributed by atoms with Crippen molar-refractivity contribution >= 4 is 27.4 Å². The zero-order valence-corrected chi connectivity index (χ0v) is 11.9. The van der Waals surface area contributed by atoms with E-state index >= 15 is 0 Å². The molecule has 0 amide bonds. The van der Waals surface area contributed by atoms with Crippen LogP contribution in [0.1, 0.15) is 34.5 Å². The molecule has 1 saturated carbocycles. The van der Waals surface area contributed by atoms with Gasteiger partial charge in [-0.25, -0.2) is 4.79 Å². The van der Waals surface area contributed by atoms with Gasteiger partial charge in [0.05, 0.1) is 5.60 Å². The second-order valence-corrected chi connectivity index (χ2v) is 6.44. The number of carboxylic acid groups (broad SMARTS) is 1. The highest BCUT2D eigenvalue weighted by atomic mass is 32.1. The number of fused-ring (bicyclic) bond motifs is 1. The maximum atomic E-state index is 11.4. The van der Waals surface area contributed by atoms with Gasteiger partial charge in [-0.15, -0.1) is 11.3 Å². The molecule has 2 aromatic rings. The zero-order valence-electron chi connectivity index (χ0n) is 11.1. The van der Waals surface area contributed by atoms with Gasteiger partial charge >= 0.3 is 5.97 Å². The number of carbonyl (C=O) groups is 1. The number of benzene rings is 1. The first-order valence-electron chi connectivity index (χ1n) is 6.76. The first kappa shape index (κ1) is 13.5. The molecule has 1 aromatic heterocycles. The Balaban J connectivity index is 1.81. The van der Waals surface area contributed by atoms with Crippen LogP contribution in [-0.4, -0.2) is 28.3 Å². The number of hydrogen-bond acceptors (Lipinski definition) is 4. The molecular formula is C15H17NO3S. The maximum Gasteiger partial charge on any atom is 0.346 e. The van der Waals surface area contributed by atoms with Crippen molar-refractivity contribution in [1.29, 1.82) is 0 Å². The standard InChI is InChI=1S/C15H17NO3S/c17-14(18)13-11(8-16-9-15(19)6-3-7-15)10-4-1-2-5-12(10)20-13/h1-2,4-5,16,19H,3,6-9H2,(H,17,18). The number of aromatic carboxylic acids is 1. The van der Waals surface area contributed by atoms with E-state index in [1.165, 1.54) is 11.3 Å². The van der Waals surface area contributed by atoms with Gasteiger partial charge in [-0.2, -0.15) is 0 Å². The van der Waals surface area contributed by atoms with E-state index in [1.54, 1.807) is 0 Å². The topological polar surface area (TPSA) is 69.6 Å². The van der Waals surface area contributed by atoms with Crippen LogP contribution in [0.15, 0.2) is 24.3 Å². The smallest absolute Gasteiger partial charge is 0.346 e. The third-order valence-electron chi connectivity index (χ3n) is 3.93. The summed E-state index contributed by atoms with van der Waals surface area (Å²) in [6, 6.07) is 7.73. The third-order valence-corrected chi connectivity index (χ3v) is 5.13. The molecule has 0 radical (unpaired) electrons. The molecule has 0 atom stereocenters. The van der Waals surface area contributed by atoms with Crippen molar-refractivity contribution < 1.29 is 15.0 Å². The second kappa shape index (κ2) is 5.16. The van der Waals surface area contributed by atoms with Crippen LogP contribution in [-0.2, 0) is 6.54 Å². The minimum Gasteiger partial charge on any atom is -0.477 e. The molecule has 106 valence electrons. The molecular weight excluding hydrogens is 274 g/mol. The summed E-state index contributed by atoms with van der Waals surface area (Å²) in [5.74, 6) is -0.884. The monoisotopic (exact) mass is 291 g/mol. The maximum absolute atomic E-state index is 11.4. The molecule has 3 N–H and O–H groups in total. The van der Waals surface area contributed by atoms with Crippen molar-refractivity contribution in [2.45, 2.75) is 31.4 Å². The highest BCUT2D eigenvalue weighted by Crippen LogP contribution is 2.33. The summed E-state index contributed by atoms with van der Waals surface area (Å²) in [4.78, 5) is 11.7. The van der Waals surface area contributed by atoms with Gasteiger partial charge in [0.2, 0.25) is 0 Å². The lowest BCUT2D eigenvalue weighted by atomic mass is 9.80. The van der Waals surface area contributed by atoms with Gasteiger partial charge in [0, 0.05) is 17.8 Å². The summed E-state index contributed by atoms with van der Waals surface area (Å²) in [6.07, 6.45) is 2.73. The van der Waals surface area contributed by atoms with Crippen LogP contribution in [0.2, 0.25) is 0 Å². The Bertz CT molecular complexity index is 646. The second-order valence-electron chi connectivity index (χ2n) is 5.39. The van der Waals surface area contributed by atoms with E-state index in [9.17, 15) is 15.0 Å². The third kappa shape index (κ3) is 2.44. The summed E-state index contributed by atoms with van der Waals surface area (Å²) in [7, 11) is 0. The largest absolute Gasteiger partial charge is 0.477 e. The first-order valence-corrected chi connectivity index (χ1v) is 7.57. The van der Waals surface area contributed by atoms with Crippen LogP contribution in [0.5, 0.6) is 0 Å². The number of thiophene rings is 1. The summed E-state index contributed by atoms with van der Waals surface area (Å²) >= 11 is 1.31. The lowest BCUT2D eigenvalue weighted by Gasteiger charge is -2.36. The molecule has 0 spiro atoms. The Morgan fingerprint density at radius 1 is 1.35 bits per heavy atom. The number of rotatable bonds is 5. The minimum absolute atomic E-state index is 0.388. The Morgan fingerprint density at radius 3 is 2.75 bits per heavy atom. The average Bonchev–Trinajstić information content (AvgIpc) is 2.76. The van der Waals surface area contributed by atoms with Gasteiger partial charge in [-0.3, -0.25) is 0 Å². The SMILES string of the molecule is O=C(O)c1sc2ccccc2c1CNCC1(O)CCC1. The van der Waals surface area contributed by atoms with E-state index in [4.69, 9.17) is 0 Å². The fourth-order valence-electron chi connectivity index (χ4n) is 2.63. The van der Waals surface area contributed by atoms with Crippen molar-refractivity contribution in [3.05, 3.63) is 34.7 Å². The van der Waals surface area contributed by atoms with E-state index in [0.717, 1.165) is 34.9 Å². The van der Waals surface area contributed by atoms with Gasteiger partial charge in [-0.1, -0.05) is 18.2 Å². The fraction of sp³-hybridized carbons (Fsp3) is 0.400. The molecule has 0 bridgehead atoms. The Hall–Kier alpha value is -1.43. The van der Waals surface area contributed by atoms with Crippen molar-refractivity contribution in [1.82, 2.24) is 5.32 Å². The van der Waals surface area contributed by atoms with Crippen LogP contribution >= 0.6 is 11.3 Å². The number of nitrogens with one attached hydrogen (secondary N) is 1. The van der Waals surface area contributed by atoms with Crippen LogP contribution < -0.4 is 5.32 Å².